The smallest absolute Gasteiger partial charge is 0.321 e. The molecule has 0 atom stereocenters. The molecule has 2 N–H and O–H groups in total. The third-order valence-electron chi connectivity index (χ3n) is 3.37. The summed E-state index contributed by atoms with van der Waals surface area (Å²) in [5, 5.41) is 4.24. The van der Waals surface area contributed by atoms with E-state index in [2.05, 4.69) is 10.0 Å². The van der Waals surface area contributed by atoms with Gasteiger partial charge in [-0.2, -0.15) is 4.72 Å². The van der Waals surface area contributed by atoms with Gasteiger partial charge in [0, 0.05) is 6.54 Å². The topological polar surface area (TPSA) is 102 Å². The minimum absolute atomic E-state index is 0.0553. The normalized spacial score (nSPS) is 11.2. The van der Waals surface area contributed by atoms with E-state index in [9.17, 15) is 18.0 Å². The van der Waals surface area contributed by atoms with Crippen molar-refractivity contribution >= 4 is 32.7 Å². The van der Waals surface area contributed by atoms with Crippen molar-refractivity contribution in [1.82, 2.24) is 10.0 Å². The first kappa shape index (κ1) is 18.9. The van der Waals surface area contributed by atoms with Crippen LogP contribution in [0.4, 0.5) is 0 Å². The van der Waals surface area contributed by atoms with Crippen LogP contribution in [0.3, 0.4) is 0 Å². The molecule has 2 rings (SSSR count). The number of hydrogen-bond donors (Lipinski definition) is 2. The van der Waals surface area contributed by atoms with Crippen LogP contribution in [0.2, 0.25) is 0 Å². The van der Waals surface area contributed by atoms with Gasteiger partial charge in [0.25, 0.3) is 5.91 Å². The number of carbonyl (C=O) groups excluding carboxylic acids is 2. The average molecular weight is 364 g/mol. The van der Waals surface area contributed by atoms with Crippen LogP contribution in [0.5, 0.6) is 0 Å². The van der Waals surface area contributed by atoms with E-state index in [4.69, 9.17) is 4.74 Å². The fourth-order valence-corrected chi connectivity index (χ4v) is 3.09. The number of amides is 1. The van der Waals surface area contributed by atoms with Gasteiger partial charge < -0.3 is 10.1 Å². The molecule has 0 spiro atoms. The van der Waals surface area contributed by atoms with Crippen molar-refractivity contribution in [3.8, 4) is 0 Å². The third kappa shape index (κ3) is 5.54. The Labute approximate surface area is 146 Å². The Hall–Kier alpha value is -2.45. The zero-order valence-electron chi connectivity index (χ0n) is 13.8. The van der Waals surface area contributed by atoms with Crippen LogP contribution in [0, 0.1) is 0 Å². The molecular formula is C17H20N2O5S. The third-order valence-corrected chi connectivity index (χ3v) is 4.77. The van der Waals surface area contributed by atoms with Crippen molar-refractivity contribution in [2.24, 2.45) is 0 Å². The number of hydrogen-bond acceptors (Lipinski definition) is 5. The van der Waals surface area contributed by atoms with Crippen molar-refractivity contribution in [3.05, 3.63) is 42.5 Å². The van der Waals surface area contributed by atoms with Crippen molar-refractivity contribution < 1.29 is 22.7 Å². The highest BCUT2D eigenvalue weighted by molar-refractivity contribution is 7.89. The molecule has 0 saturated carbocycles. The number of esters is 1. The lowest BCUT2D eigenvalue weighted by Gasteiger charge is -2.08. The zero-order valence-corrected chi connectivity index (χ0v) is 14.6. The molecule has 0 aliphatic rings. The maximum atomic E-state index is 12.3. The molecule has 7 nitrogen and oxygen atoms in total. The monoisotopic (exact) mass is 364 g/mol. The number of ether oxygens (including phenoxy) is 1. The second kappa shape index (κ2) is 8.59. The molecule has 0 aliphatic carbocycles. The minimum atomic E-state index is -3.85. The first-order valence-corrected chi connectivity index (χ1v) is 9.31. The first-order valence-electron chi connectivity index (χ1n) is 7.83. The van der Waals surface area contributed by atoms with E-state index >= 15 is 0 Å². The van der Waals surface area contributed by atoms with E-state index in [-0.39, 0.29) is 4.90 Å². The standard InChI is InChI=1S/C17H20N2O5S/c1-2-9-18-16(20)12-24-17(21)11-19-25(22,23)15-8-7-13-5-3-4-6-14(13)10-15/h3-8,10,19H,2,9,11-12H2,1H3,(H,18,20). The number of rotatable bonds is 8. The largest absolute Gasteiger partial charge is 0.455 e. The maximum Gasteiger partial charge on any atom is 0.321 e. The van der Waals surface area contributed by atoms with Gasteiger partial charge in [0.05, 0.1) is 4.90 Å². The molecule has 0 unspecified atom stereocenters. The van der Waals surface area contributed by atoms with Crippen LogP contribution in [0.1, 0.15) is 13.3 Å². The highest BCUT2D eigenvalue weighted by Gasteiger charge is 2.17. The summed E-state index contributed by atoms with van der Waals surface area (Å²) in [6, 6.07) is 12.0. The SMILES string of the molecule is CCCNC(=O)COC(=O)CNS(=O)(=O)c1ccc2ccccc2c1. The molecule has 2 aromatic rings. The van der Waals surface area contributed by atoms with Gasteiger partial charge in [0.1, 0.15) is 6.54 Å². The predicted molar refractivity (Wildman–Crippen MR) is 93.4 cm³/mol. The van der Waals surface area contributed by atoms with E-state index in [1.165, 1.54) is 12.1 Å². The van der Waals surface area contributed by atoms with Gasteiger partial charge in [-0.3, -0.25) is 9.59 Å². The van der Waals surface area contributed by atoms with Gasteiger partial charge in [-0.1, -0.05) is 37.3 Å². The molecule has 0 aromatic heterocycles. The number of sulfonamides is 1. The lowest BCUT2D eigenvalue weighted by atomic mass is 10.1. The Kier molecular flexibility index (Phi) is 6.49. The molecule has 1 amide bonds. The van der Waals surface area contributed by atoms with Crippen LogP contribution >= 0.6 is 0 Å². The Balaban J connectivity index is 1.91. The Morgan fingerprint density at radius 2 is 1.80 bits per heavy atom. The summed E-state index contributed by atoms with van der Waals surface area (Å²) in [4.78, 5) is 23.0. The van der Waals surface area contributed by atoms with Crippen molar-refractivity contribution in [2.45, 2.75) is 18.2 Å². The molecule has 0 aliphatic heterocycles. The van der Waals surface area contributed by atoms with Gasteiger partial charge in [-0.15, -0.1) is 0 Å². The average Bonchev–Trinajstić information content (AvgIpc) is 2.62. The molecule has 0 fully saturated rings. The summed E-state index contributed by atoms with van der Waals surface area (Å²) < 4.78 is 31.4. The maximum absolute atomic E-state index is 12.3. The van der Waals surface area contributed by atoms with Crippen LogP contribution in [0.25, 0.3) is 10.8 Å². The van der Waals surface area contributed by atoms with Crippen LogP contribution in [0.15, 0.2) is 47.4 Å². The molecule has 2 aromatic carbocycles. The molecule has 134 valence electrons. The molecule has 25 heavy (non-hydrogen) atoms. The zero-order chi connectivity index (χ0) is 18.3. The van der Waals surface area contributed by atoms with Gasteiger partial charge >= 0.3 is 5.97 Å². The highest BCUT2D eigenvalue weighted by Crippen LogP contribution is 2.18. The Morgan fingerprint density at radius 3 is 2.52 bits per heavy atom. The fourth-order valence-electron chi connectivity index (χ4n) is 2.08. The summed E-state index contributed by atoms with van der Waals surface area (Å²) >= 11 is 0. The van der Waals surface area contributed by atoms with Gasteiger partial charge in [-0.25, -0.2) is 8.42 Å². The molecular weight excluding hydrogens is 344 g/mol. The molecule has 0 radical (unpaired) electrons. The minimum Gasteiger partial charge on any atom is -0.455 e. The van der Waals surface area contributed by atoms with Crippen LogP contribution in [-0.2, 0) is 24.3 Å². The van der Waals surface area contributed by atoms with Crippen molar-refractivity contribution in [1.29, 1.82) is 0 Å². The summed E-state index contributed by atoms with van der Waals surface area (Å²) in [6.45, 7) is 1.41. The number of fused-ring (bicyclic) bond motifs is 1. The second-order valence-electron chi connectivity index (χ2n) is 5.34. The summed E-state index contributed by atoms with van der Waals surface area (Å²) in [5.41, 5.74) is 0. The molecule has 0 bridgehead atoms. The quantitative estimate of drug-likeness (QED) is 0.685. The number of nitrogens with one attached hydrogen (secondary N) is 2. The van der Waals surface area contributed by atoms with E-state index in [1.807, 2.05) is 25.1 Å². The predicted octanol–water partition coefficient (Wildman–Crippen LogP) is 1.19. The molecule has 8 heteroatoms. The van der Waals surface area contributed by atoms with Gasteiger partial charge in [-0.05, 0) is 29.3 Å². The van der Waals surface area contributed by atoms with E-state index in [0.717, 1.165) is 17.2 Å². The number of benzene rings is 2. The van der Waals surface area contributed by atoms with E-state index < -0.39 is 35.1 Å². The van der Waals surface area contributed by atoms with Crippen LogP contribution < -0.4 is 10.0 Å². The summed E-state index contributed by atoms with van der Waals surface area (Å²) in [5.74, 6) is -1.25. The van der Waals surface area contributed by atoms with E-state index in [1.54, 1.807) is 12.1 Å². The summed E-state index contributed by atoms with van der Waals surface area (Å²) in [6.07, 6.45) is 0.769. The van der Waals surface area contributed by atoms with E-state index in [0.29, 0.717) is 6.54 Å². The molecule has 0 heterocycles. The number of carbonyl (C=O) groups is 2. The lowest BCUT2D eigenvalue weighted by Crippen LogP contribution is -2.34. The Morgan fingerprint density at radius 1 is 1.08 bits per heavy atom. The summed E-state index contributed by atoms with van der Waals surface area (Å²) in [7, 11) is -3.85. The fraction of sp³-hybridized carbons (Fsp3) is 0.294. The van der Waals surface area contributed by atoms with Crippen molar-refractivity contribution in [3.63, 3.8) is 0 Å². The van der Waals surface area contributed by atoms with Gasteiger partial charge in [0.15, 0.2) is 6.61 Å². The van der Waals surface area contributed by atoms with Crippen LogP contribution in [-0.4, -0.2) is 40.0 Å². The first-order chi connectivity index (χ1) is 11.9. The van der Waals surface area contributed by atoms with Gasteiger partial charge in [0.2, 0.25) is 10.0 Å². The lowest BCUT2D eigenvalue weighted by molar-refractivity contribution is -0.147. The Bertz CT molecular complexity index is 864. The van der Waals surface area contributed by atoms with Crippen molar-refractivity contribution in [2.75, 3.05) is 19.7 Å². The second-order valence-corrected chi connectivity index (χ2v) is 7.11. The molecule has 0 saturated heterocycles. The highest BCUT2D eigenvalue weighted by atomic mass is 32.2.